The molecule has 2 nitrogen and oxygen atoms in total. The molecule has 1 unspecified atom stereocenters. The van der Waals surface area contributed by atoms with Gasteiger partial charge in [-0.25, -0.2) is 0 Å². The molecule has 0 saturated heterocycles. The van der Waals surface area contributed by atoms with E-state index in [0.717, 1.165) is 13.0 Å². The van der Waals surface area contributed by atoms with Crippen molar-refractivity contribution in [2.75, 3.05) is 12.3 Å². The van der Waals surface area contributed by atoms with Crippen LogP contribution in [0.4, 0.5) is 0 Å². The van der Waals surface area contributed by atoms with Gasteiger partial charge in [0.05, 0.1) is 0 Å². The van der Waals surface area contributed by atoms with Crippen LogP contribution in [0.25, 0.3) is 0 Å². The first-order valence-electron chi connectivity index (χ1n) is 7.71. The molecule has 1 spiro atoms. The molecule has 3 rings (SSSR count). The van der Waals surface area contributed by atoms with Gasteiger partial charge >= 0.3 is 0 Å². The fourth-order valence-electron chi connectivity index (χ4n) is 3.27. The number of hydrogen-bond donors (Lipinski definition) is 1. The number of nitrogens with one attached hydrogen (secondary N) is 1. The average Bonchev–Trinajstić information content (AvgIpc) is 2.95. The lowest BCUT2D eigenvalue weighted by atomic mass is 9.75. The summed E-state index contributed by atoms with van der Waals surface area (Å²) in [4.78, 5) is 4.85. The highest BCUT2D eigenvalue weighted by atomic mass is 32.2. The summed E-state index contributed by atoms with van der Waals surface area (Å²) in [6.45, 7) is 3.30. The Bertz CT molecular complexity index is 447. The Morgan fingerprint density at radius 3 is 2.85 bits per heavy atom. The van der Waals surface area contributed by atoms with Crippen molar-refractivity contribution >= 4 is 28.3 Å². The van der Waals surface area contributed by atoms with Crippen molar-refractivity contribution in [3.63, 3.8) is 0 Å². The van der Waals surface area contributed by atoms with Crippen LogP contribution in [0.5, 0.6) is 0 Å². The first-order valence-corrected chi connectivity index (χ1v) is 9.64. The van der Waals surface area contributed by atoms with Gasteiger partial charge < -0.3 is 5.32 Å². The molecule has 0 amide bonds. The van der Waals surface area contributed by atoms with E-state index in [4.69, 9.17) is 4.99 Å². The van der Waals surface area contributed by atoms with Crippen LogP contribution in [0.3, 0.4) is 0 Å². The predicted molar refractivity (Wildman–Crippen MR) is 90.9 cm³/mol. The molecule has 1 aliphatic carbocycles. The van der Waals surface area contributed by atoms with E-state index < -0.39 is 0 Å². The van der Waals surface area contributed by atoms with Gasteiger partial charge in [0.25, 0.3) is 0 Å². The SMILES string of the molecule is CC(Cc1ccsc1)NC1=NCC2(CCCCC2)CS1. The second-order valence-electron chi connectivity index (χ2n) is 6.35. The summed E-state index contributed by atoms with van der Waals surface area (Å²) in [5.74, 6) is 1.27. The van der Waals surface area contributed by atoms with Crippen molar-refractivity contribution in [1.82, 2.24) is 5.32 Å². The Balaban J connectivity index is 1.51. The number of thiophene rings is 1. The van der Waals surface area contributed by atoms with E-state index in [2.05, 4.69) is 29.1 Å². The van der Waals surface area contributed by atoms with Crippen LogP contribution in [0.15, 0.2) is 21.8 Å². The zero-order valence-electron chi connectivity index (χ0n) is 12.2. The van der Waals surface area contributed by atoms with Crippen molar-refractivity contribution in [3.8, 4) is 0 Å². The van der Waals surface area contributed by atoms with Crippen LogP contribution in [0, 0.1) is 5.41 Å². The van der Waals surface area contributed by atoms with Gasteiger partial charge in [-0.3, -0.25) is 4.99 Å². The average molecular weight is 309 g/mol. The molecular weight excluding hydrogens is 284 g/mol. The minimum atomic E-state index is 0.469. The molecule has 20 heavy (non-hydrogen) atoms. The van der Waals surface area contributed by atoms with Gasteiger partial charge in [0.15, 0.2) is 5.17 Å². The summed E-state index contributed by atoms with van der Waals surface area (Å²) in [5, 5.41) is 9.16. The van der Waals surface area contributed by atoms with Gasteiger partial charge in [-0.05, 0) is 54.0 Å². The molecule has 0 aromatic carbocycles. The predicted octanol–water partition coefficient (Wildman–Crippen LogP) is 4.32. The minimum Gasteiger partial charge on any atom is -0.362 e. The summed E-state index contributed by atoms with van der Waals surface area (Å²) in [5.41, 5.74) is 1.96. The van der Waals surface area contributed by atoms with Crippen molar-refractivity contribution < 1.29 is 0 Å². The number of thioether (sulfide) groups is 1. The van der Waals surface area contributed by atoms with Crippen molar-refractivity contribution in [3.05, 3.63) is 22.4 Å². The Hall–Kier alpha value is -0.480. The summed E-state index contributed by atoms with van der Waals surface area (Å²) in [7, 11) is 0. The Labute approximate surface area is 130 Å². The monoisotopic (exact) mass is 308 g/mol. The Kier molecular flexibility index (Phi) is 4.72. The maximum Gasteiger partial charge on any atom is 0.156 e. The van der Waals surface area contributed by atoms with Gasteiger partial charge in [-0.15, -0.1) is 0 Å². The molecule has 2 heterocycles. The molecule has 1 aromatic heterocycles. The summed E-state index contributed by atoms with van der Waals surface area (Å²) >= 11 is 3.73. The van der Waals surface area contributed by atoms with Gasteiger partial charge in [-0.2, -0.15) is 11.3 Å². The molecule has 0 bridgehead atoms. The largest absolute Gasteiger partial charge is 0.362 e. The maximum atomic E-state index is 4.85. The molecule has 1 aromatic rings. The first kappa shape index (κ1) is 14.5. The zero-order valence-corrected chi connectivity index (χ0v) is 13.9. The van der Waals surface area contributed by atoms with E-state index >= 15 is 0 Å². The number of hydrogen-bond acceptors (Lipinski definition) is 4. The highest BCUT2D eigenvalue weighted by Crippen LogP contribution is 2.41. The van der Waals surface area contributed by atoms with Crippen molar-refractivity contribution in [2.45, 2.75) is 51.5 Å². The van der Waals surface area contributed by atoms with E-state index in [1.54, 1.807) is 11.3 Å². The van der Waals surface area contributed by atoms with Crippen LogP contribution >= 0.6 is 23.1 Å². The maximum absolute atomic E-state index is 4.85. The number of aliphatic imine (C=N–C) groups is 1. The van der Waals surface area contributed by atoms with E-state index in [0.29, 0.717) is 11.5 Å². The summed E-state index contributed by atoms with van der Waals surface area (Å²) < 4.78 is 0. The second-order valence-corrected chi connectivity index (χ2v) is 8.10. The van der Waals surface area contributed by atoms with Crippen LogP contribution < -0.4 is 5.32 Å². The van der Waals surface area contributed by atoms with Crippen LogP contribution in [0.1, 0.15) is 44.6 Å². The Morgan fingerprint density at radius 2 is 2.20 bits per heavy atom. The molecule has 1 atom stereocenters. The van der Waals surface area contributed by atoms with E-state index in [1.165, 1.54) is 48.6 Å². The lowest BCUT2D eigenvalue weighted by Crippen LogP contribution is -2.39. The zero-order chi connectivity index (χ0) is 13.8. The molecule has 0 radical (unpaired) electrons. The smallest absolute Gasteiger partial charge is 0.156 e. The molecule has 1 N–H and O–H groups in total. The number of rotatable bonds is 3. The molecule has 1 aliphatic heterocycles. The first-order chi connectivity index (χ1) is 9.76. The third kappa shape index (κ3) is 3.59. The lowest BCUT2D eigenvalue weighted by molar-refractivity contribution is 0.232. The highest BCUT2D eigenvalue weighted by Gasteiger charge is 2.34. The molecule has 2 aliphatic rings. The summed E-state index contributed by atoms with van der Waals surface area (Å²) in [6.07, 6.45) is 8.12. The molecular formula is C16H24N2S2. The number of nitrogens with zero attached hydrogens (tertiary/aromatic N) is 1. The molecule has 1 fully saturated rings. The van der Waals surface area contributed by atoms with E-state index in [9.17, 15) is 0 Å². The third-order valence-electron chi connectivity index (χ3n) is 4.48. The topological polar surface area (TPSA) is 24.4 Å². The van der Waals surface area contributed by atoms with Crippen LogP contribution in [-0.4, -0.2) is 23.5 Å². The highest BCUT2D eigenvalue weighted by molar-refractivity contribution is 8.13. The van der Waals surface area contributed by atoms with Gasteiger partial charge in [0, 0.05) is 18.3 Å². The van der Waals surface area contributed by atoms with Crippen LogP contribution in [0.2, 0.25) is 0 Å². The van der Waals surface area contributed by atoms with Gasteiger partial charge in [0.2, 0.25) is 0 Å². The summed E-state index contributed by atoms with van der Waals surface area (Å²) in [6, 6.07) is 2.69. The lowest BCUT2D eigenvalue weighted by Gasteiger charge is -2.38. The van der Waals surface area contributed by atoms with Gasteiger partial charge in [-0.1, -0.05) is 31.0 Å². The fraction of sp³-hybridized carbons (Fsp3) is 0.688. The normalized spacial score (nSPS) is 23.4. The van der Waals surface area contributed by atoms with Crippen LogP contribution in [-0.2, 0) is 6.42 Å². The van der Waals surface area contributed by atoms with E-state index in [-0.39, 0.29) is 0 Å². The molecule has 4 heteroatoms. The second kappa shape index (κ2) is 6.52. The Morgan fingerprint density at radius 1 is 1.35 bits per heavy atom. The van der Waals surface area contributed by atoms with E-state index in [1.807, 2.05) is 11.8 Å². The van der Waals surface area contributed by atoms with Gasteiger partial charge in [0.1, 0.15) is 0 Å². The minimum absolute atomic E-state index is 0.469. The standard InChI is InChI=1S/C16H24N2S2/c1-13(9-14-5-8-19-10-14)18-15-17-11-16(12-20-15)6-3-2-4-7-16/h5,8,10,13H,2-4,6-7,9,11-12H2,1H3,(H,17,18). The number of amidine groups is 1. The third-order valence-corrected chi connectivity index (χ3v) is 6.49. The van der Waals surface area contributed by atoms with Crippen molar-refractivity contribution in [1.29, 1.82) is 0 Å². The van der Waals surface area contributed by atoms with Crippen molar-refractivity contribution in [2.24, 2.45) is 10.4 Å². The quantitative estimate of drug-likeness (QED) is 0.899. The molecule has 1 saturated carbocycles. The molecule has 110 valence electrons. The fourth-order valence-corrected chi connectivity index (χ4v) is 5.21.